The second kappa shape index (κ2) is 6.20. The van der Waals surface area contributed by atoms with E-state index in [-0.39, 0.29) is 0 Å². The first kappa shape index (κ1) is 15.2. The highest BCUT2D eigenvalue weighted by atomic mass is 79.9. The number of nitrogens with one attached hydrogen (secondary N) is 1. The van der Waals surface area contributed by atoms with Crippen molar-refractivity contribution in [1.29, 1.82) is 0 Å². The van der Waals surface area contributed by atoms with E-state index in [4.69, 9.17) is 23.2 Å². The van der Waals surface area contributed by atoms with Gasteiger partial charge in [-0.25, -0.2) is 0 Å². The maximum absolute atomic E-state index is 6.31. The molecule has 1 unspecified atom stereocenters. The van der Waals surface area contributed by atoms with Gasteiger partial charge in [0.2, 0.25) is 0 Å². The number of halogens is 3. The van der Waals surface area contributed by atoms with E-state index in [0.29, 0.717) is 6.04 Å². The number of benzene rings is 2. The summed E-state index contributed by atoms with van der Waals surface area (Å²) in [6.45, 7) is 1.96. The number of hydrogen-bond acceptors (Lipinski definition) is 1. The molecule has 0 aromatic heterocycles. The van der Waals surface area contributed by atoms with Gasteiger partial charge in [-0.2, -0.15) is 0 Å². The van der Waals surface area contributed by atoms with Gasteiger partial charge in [0.25, 0.3) is 0 Å². The third kappa shape index (κ3) is 3.39. The lowest BCUT2D eigenvalue weighted by molar-refractivity contribution is 0.610. The van der Waals surface area contributed by atoms with Crippen LogP contribution in [0.4, 0.5) is 5.69 Å². The second-order valence-corrected chi connectivity index (χ2v) is 7.31. The minimum Gasteiger partial charge on any atom is -0.381 e. The van der Waals surface area contributed by atoms with Crippen LogP contribution in [0.3, 0.4) is 0 Å². The molecule has 1 atom stereocenters. The highest BCUT2D eigenvalue weighted by Crippen LogP contribution is 2.32. The summed E-state index contributed by atoms with van der Waals surface area (Å²) in [7, 11) is 0. The Bertz CT molecular complexity index is 685. The van der Waals surface area contributed by atoms with Crippen LogP contribution in [0.5, 0.6) is 0 Å². The monoisotopic (exact) mass is 383 g/mol. The summed E-state index contributed by atoms with van der Waals surface area (Å²) in [6.07, 6.45) is 3.21. The molecule has 0 bridgehead atoms. The molecule has 110 valence electrons. The Morgan fingerprint density at radius 1 is 1.10 bits per heavy atom. The van der Waals surface area contributed by atoms with Crippen LogP contribution in [0.15, 0.2) is 34.8 Å². The van der Waals surface area contributed by atoms with Gasteiger partial charge in [-0.1, -0.05) is 45.2 Å². The van der Waals surface area contributed by atoms with Gasteiger partial charge in [0.1, 0.15) is 0 Å². The Balaban J connectivity index is 1.78. The van der Waals surface area contributed by atoms with E-state index in [9.17, 15) is 0 Å². The first-order valence-corrected chi connectivity index (χ1v) is 8.57. The average Bonchev–Trinajstić information content (AvgIpc) is 2.45. The van der Waals surface area contributed by atoms with Gasteiger partial charge in [-0.3, -0.25) is 0 Å². The summed E-state index contributed by atoms with van der Waals surface area (Å²) in [5.74, 6) is 0. The van der Waals surface area contributed by atoms with Gasteiger partial charge in [-0.05, 0) is 67.1 Å². The SMILES string of the molecule is Cc1cc(Cl)c(NC2CCc3cc(Br)ccc3C2)cc1Cl. The third-order valence-corrected chi connectivity index (χ3v) is 5.22. The van der Waals surface area contributed by atoms with E-state index in [1.807, 2.05) is 19.1 Å². The molecule has 1 N–H and O–H groups in total. The van der Waals surface area contributed by atoms with Crippen molar-refractivity contribution in [1.82, 2.24) is 0 Å². The maximum Gasteiger partial charge on any atom is 0.0641 e. The fraction of sp³-hybridized carbons (Fsp3) is 0.294. The topological polar surface area (TPSA) is 12.0 Å². The van der Waals surface area contributed by atoms with Gasteiger partial charge in [0, 0.05) is 15.5 Å². The van der Waals surface area contributed by atoms with Crippen LogP contribution in [-0.2, 0) is 12.8 Å². The average molecular weight is 385 g/mol. The van der Waals surface area contributed by atoms with Crippen molar-refractivity contribution in [3.05, 3.63) is 61.5 Å². The number of anilines is 1. The lowest BCUT2D eigenvalue weighted by Gasteiger charge is -2.27. The van der Waals surface area contributed by atoms with Gasteiger partial charge in [-0.15, -0.1) is 0 Å². The number of aryl methyl sites for hydroxylation is 2. The van der Waals surface area contributed by atoms with Crippen molar-refractivity contribution >= 4 is 44.8 Å². The Morgan fingerprint density at radius 3 is 2.71 bits per heavy atom. The lowest BCUT2D eigenvalue weighted by Crippen LogP contribution is -2.27. The molecule has 2 aromatic carbocycles. The molecule has 0 fully saturated rings. The van der Waals surface area contributed by atoms with Crippen LogP contribution < -0.4 is 5.32 Å². The zero-order valence-corrected chi connectivity index (χ0v) is 14.8. The summed E-state index contributed by atoms with van der Waals surface area (Å²) in [5.41, 5.74) is 4.79. The first-order chi connectivity index (χ1) is 10.0. The van der Waals surface area contributed by atoms with Crippen LogP contribution in [0.25, 0.3) is 0 Å². The Kier molecular flexibility index (Phi) is 4.49. The molecule has 0 spiro atoms. The quantitative estimate of drug-likeness (QED) is 0.665. The predicted octanol–water partition coefficient (Wildman–Crippen LogP) is 6.03. The minimum absolute atomic E-state index is 0.398. The van der Waals surface area contributed by atoms with Gasteiger partial charge in [0.05, 0.1) is 10.7 Å². The van der Waals surface area contributed by atoms with Crippen LogP contribution in [0.1, 0.15) is 23.1 Å². The maximum atomic E-state index is 6.31. The second-order valence-electron chi connectivity index (χ2n) is 5.58. The molecule has 0 amide bonds. The van der Waals surface area contributed by atoms with Crippen LogP contribution in [-0.4, -0.2) is 6.04 Å². The molecule has 0 heterocycles. The molecule has 0 radical (unpaired) electrons. The summed E-state index contributed by atoms with van der Waals surface area (Å²) in [6, 6.07) is 10.8. The van der Waals surface area contributed by atoms with Crippen LogP contribution in [0, 0.1) is 6.92 Å². The molecule has 0 saturated heterocycles. The van der Waals surface area contributed by atoms with Gasteiger partial charge < -0.3 is 5.32 Å². The van der Waals surface area contributed by atoms with Crippen molar-refractivity contribution in [2.75, 3.05) is 5.32 Å². The van der Waals surface area contributed by atoms with Gasteiger partial charge >= 0.3 is 0 Å². The Morgan fingerprint density at radius 2 is 1.90 bits per heavy atom. The molecule has 1 aliphatic rings. The summed E-state index contributed by atoms with van der Waals surface area (Å²) >= 11 is 16.0. The van der Waals surface area contributed by atoms with Gasteiger partial charge in [0.15, 0.2) is 0 Å². The van der Waals surface area contributed by atoms with E-state index in [1.165, 1.54) is 11.1 Å². The molecule has 0 saturated carbocycles. The summed E-state index contributed by atoms with van der Waals surface area (Å²) in [4.78, 5) is 0. The smallest absolute Gasteiger partial charge is 0.0641 e. The van der Waals surface area contributed by atoms with E-state index < -0.39 is 0 Å². The van der Waals surface area contributed by atoms with E-state index in [1.54, 1.807) is 0 Å². The molecule has 4 heteroatoms. The van der Waals surface area contributed by atoms with Crippen molar-refractivity contribution in [2.24, 2.45) is 0 Å². The molecule has 3 rings (SSSR count). The summed E-state index contributed by atoms with van der Waals surface area (Å²) in [5, 5.41) is 5.03. The first-order valence-electron chi connectivity index (χ1n) is 7.02. The van der Waals surface area contributed by atoms with E-state index in [2.05, 4.69) is 39.4 Å². The molecule has 1 aliphatic carbocycles. The van der Waals surface area contributed by atoms with Crippen LogP contribution in [0.2, 0.25) is 10.0 Å². The van der Waals surface area contributed by atoms with E-state index >= 15 is 0 Å². The fourth-order valence-corrected chi connectivity index (χ4v) is 3.67. The third-order valence-electron chi connectivity index (χ3n) is 4.00. The standard InChI is InChI=1S/C17H16BrCl2N/c1-10-6-16(20)17(9-15(10)19)21-14-5-3-11-7-13(18)4-2-12(11)8-14/h2,4,6-7,9,14,21H,3,5,8H2,1H3. The number of hydrogen-bond donors (Lipinski definition) is 1. The minimum atomic E-state index is 0.398. The van der Waals surface area contributed by atoms with Crippen LogP contribution >= 0.6 is 39.1 Å². The van der Waals surface area contributed by atoms with E-state index in [0.717, 1.165) is 45.0 Å². The van der Waals surface area contributed by atoms with Crippen molar-refractivity contribution in [3.8, 4) is 0 Å². The van der Waals surface area contributed by atoms with Crippen molar-refractivity contribution in [3.63, 3.8) is 0 Å². The summed E-state index contributed by atoms with van der Waals surface area (Å²) < 4.78 is 1.15. The largest absolute Gasteiger partial charge is 0.381 e. The zero-order valence-electron chi connectivity index (χ0n) is 11.7. The molecular formula is C17H16BrCl2N. The highest BCUT2D eigenvalue weighted by molar-refractivity contribution is 9.10. The lowest BCUT2D eigenvalue weighted by atomic mass is 9.88. The number of rotatable bonds is 2. The molecule has 0 aliphatic heterocycles. The highest BCUT2D eigenvalue weighted by Gasteiger charge is 2.19. The molecular weight excluding hydrogens is 369 g/mol. The molecule has 1 nitrogen and oxygen atoms in total. The molecule has 21 heavy (non-hydrogen) atoms. The predicted molar refractivity (Wildman–Crippen MR) is 94.8 cm³/mol. The van der Waals surface area contributed by atoms with Crippen molar-refractivity contribution < 1.29 is 0 Å². The number of fused-ring (bicyclic) bond motifs is 1. The molecule has 2 aromatic rings. The fourth-order valence-electron chi connectivity index (χ4n) is 2.82. The Labute approximate surface area is 143 Å². The normalized spacial score (nSPS) is 17.4. The zero-order chi connectivity index (χ0) is 15.0. The van der Waals surface area contributed by atoms with Crippen molar-refractivity contribution in [2.45, 2.75) is 32.2 Å². The Hall–Kier alpha value is -0.700.